The van der Waals surface area contributed by atoms with E-state index in [2.05, 4.69) is 13.8 Å². The molecule has 108 valence electrons. The molecule has 1 aliphatic carbocycles. The lowest BCUT2D eigenvalue weighted by Gasteiger charge is -2.38. The lowest BCUT2D eigenvalue weighted by molar-refractivity contribution is -0.0704. The topological polar surface area (TPSA) is 35.2 Å². The van der Waals surface area contributed by atoms with Gasteiger partial charge in [-0.25, -0.2) is 0 Å². The molecule has 0 spiro atoms. The fourth-order valence-electron chi connectivity index (χ4n) is 3.29. The first-order valence-corrected chi connectivity index (χ1v) is 8.14. The van der Waals surface area contributed by atoms with Gasteiger partial charge in [0.05, 0.1) is 5.60 Å². The van der Waals surface area contributed by atoms with Crippen LogP contribution in [0, 0.1) is 0 Å². The normalized spacial score (nSPS) is 21.5. The zero-order chi connectivity index (χ0) is 13.3. The summed E-state index contributed by atoms with van der Waals surface area (Å²) in [7, 11) is 0. The van der Waals surface area contributed by atoms with Gasteiger partial charge in [-0.3, -0.25) is 0 Å². The van der Waals surface area contributed by atoms with Gasteiger partial charge in [-0.2, -0.15) is 0 Å². The highest BCUT2D eigenvalue weighted by Gasteiger charge is 2.37. The minimum Gasteiger partial charge on any atom is -0.374 e. The number of unbranched alkanes of at least 4 members (excludes halogenated alkanes) is 3. The highest BCUT2D eigenvalue weighted by molar-refractivity contribution is 4.92. The molecule has 0 radical (unpaired) electrons. The third kappa shape index (κ3) is 4.89. The van der Waals surface area contributed by atoms with Gasteiger partial charge in [0.1, 0.15) is 0 Å². The predicted molar refractivity (Wildman–Crippen MR) is 78.8 cm³/mol. The quantitative estimate of drug-likeness (QED) is 0.515. The summed E-state index contributed by atoms with van der Waals surface area (Å²) in [5.41, 5.74) is 6.49. The van der Waals surface area contributed by atoms with Crippen molar-refractivity contribution < 1.29 is 4.74 Å². The minimum absolute atomic E-state index is 0.00252. The van der Waals surface area contributed by atoms with Crippen LogP contribution in [0.25, 0.3) is 0 Å². The van der Waals surface area contributed by atoms with E-state index in [4.69, 9.17) is 10.5 Å². The summed E-state index contributed by atoms with van der Waals surface area (Å²) in [6.07, 6.45) is 14.0. The molecule has 0 saturated heterocycles. The van der Waals surface area contributed by atoms with Crippen molar-refractivity contribution in [3.8, 4) is 0 Å². The van der Waals surface area contributed by atoms with Crippen molar-refractivity contribution in [3.63, 3.8) is 0 Å². The van der Waals surface area contributed by atoms with Crippen LogP contribution in [0.3, 0.4) is 0 Å². The first kappa shape index (κ1) is 16.0. The second-order valence-electron chi connectivity index (χ2n) is 5.87. The van der Waals surface area contributed by atoms with E-state index in [-0.39, 0.29) is 11.6 Å². The first-order chi connectivity index (χ1) is 8.75. The van der Waals surface area contributed by atoms with Crippen molar-refractivity contribution in [3.05, 3.63) is 0 Å². The van der Waals surface area contributed by atoms with Crippen LogP contribution < -0.4 is 5.73 Å². The fraction of sp³-hybridized carbons (Fsp3) is 1.00. The molecule has 2 heteroatoms. The van der Waals surface area contributed by atoms with Crippen molar-refractivity contribution in [2.24, 2.45) is 5.73 Å². The molecule has 2 nitrogen and oxygen atoms in total. The van der Waals surface area contributed by atoms with Crippen LogP contribution in [-0.2, 0) is 4.74 Å². The lowest BCUT2D eigenvalue weighted by atomic mass is 9.83. The van der Waals surface area contributed by atoms with Gasteiger partial charge in [0.15, 0.2) is 0 Å². The standard InChI is InChI=1S/C16H33NO/c1-3-5-6-9-12-15(17)16(18-4-2)13-10-7-8-11-14-16/h15H,3-14,17H2,1-2H3. The largest absolute Gasteiger partial charge is 0.374 e. The molecule has 0 aromatic heterocycles. The van der Waals surface area contributed by atoms with E-state index in [1.54, 1.807) is 0 Å². The van der Waals surface area contributed by atoms with Gasteiger partial charge >= 0.3 is 0 Å². The Morgan fingerprint density at radius 3 is 2.22 bits per heavy atom. The van der Waals surface area contributed by atoms with Gasteiger partial charge in [-0.05, 0) is 26.2 Å². The summed E-state index contributed by atoms with van der Waals surface area (Å²) in [6, 6.07) is 0.243. The number of hydrogen-bond acceptors (Lipinski definition) is 2. The Labute approximate surface area is 114 Å². The Hall–Kier alpha value is -0.0800. The monoisotopic (exact) mass is 255 g/mol. The maximum atomic E-state index is 6.50. The molecule has 0 aromatic carbocycles. The average Bonchev–Trinajstić information content (AvgIpc) is 2.61. The van der Waals surface area contributed by atoms with Gasteiger partial charge in [-0.1, -0.05) is 58.3 Å². The number of ether oxygens (including phenoxy) is 1. The minimum atomic E-state index is -0.00252. The smallest absolute Gasteiger partial charge is 0.0832 e. The number of hydrogen-bond donors (Lipinski definition) is 1. The van der Waals surface area contributed by atoms with Crippen LogP contribution in [0.5, 0.6) is 0 Å². The molecule has 1 saturated carbocycles. The molecule has 1 aliphatic rings. The van der Waals surface area contributed by atoms with Crippen molar-refractivity contribution >= 4 is 0 Å². The van der Waals surface area contributed by atoms with Crippen LogP contribution >= 0.6 is 0 Å². The summed E-state index contributed by atoms with van der Waals surface area (Å²) in [5.74, 6) is 0. The third-order valence-corrected chi connectivity index (χ3v) is 4.43. The SMILES string of the molecule is CCCCCCC(N)C1(OCC)CCCCCC1. The lowest BCUT2D eigenvalue weighted by Crippen LogP contribution is -2.50. The molecule has 1 fully saturated rings. The molecule has 0 aliphatic heterocycles. The van der Waals surface area contributed by atoms with Gasteiger partial charge in [0.25, 0.3) is 0 Å². The van der Waals surface area contributed by atoms with E-state index in [1.807, 2.05) is 0 Å². The van der Waals surface area contributed by atoms with Crippen molar-refractivity contribution in [2.75, 3.05) is 6.61 Å². The molecule has 1 unspecified atom stereocenters. The second-order valence-corrected chi connectivity index (χ2v) is 5.87. The molecule has 1 rings (SSSR count). The predicted octanol–water partition coefficient (Wildman–Crippen LogP) is 4.41. The van der Waals surface area contributed by atoms with Crippen molar-refractivity contribution in [1.29, 1.82) is 0 Å². The van der Waals surface area contributed by atoms with Gasteiger partial charge in [0, 0.05) is 12.6 Å². The maximum Gasteiger partial charge on any atom is 0.0832 e. The summed E-state index contributed by atoms with van der Waals surface area (Å²) in [6.45, 7) is 5.17. The Kier molecular flexibility index (Phi) is 7.92. The summed E-state index contributed by atoms with van der Waals surface area (Å²) >= 11 is 0. The first-order valence-electron chi connectivity index (χ1n) is 8.14. The van der Waals surface area contributed by atoms with Gasteiger partial charge in [0.2, 0.25) is 0 Å². The third-order valence-electron chi connectivity index (χ3n) is 4.43. The van der Waals surface area contributed by atoms with Crippen LogP contribution in [0.4, 0.5) is 0 Å². The second kappa shape index (κ2) is 8.92. The molecule has 0 aromatic rings. The summed E-state index contributed by atoms with van der Waals surface area (Å²) < 4.78 is 6.14. The highest BCUT2D eigenvalue weighted by Crippen LogP contribution is 2.34. The fourth-order valence-corrected chi connectivity index (χ4v) is 3.29. The zero-order valence-electron chi connectivity index (χ0n) is 12.5. The van der Waals surface area contributed by atoms with Crippen molar-refractivity contribution in [1.82, 2.24) is 0 Å². The maximum absolute atomic E-state index is 6.50. The molecule has 0 amide bonds. The molecule has 0 bridgehead atoms. The number of nitrogens with two attached hydrogens (primary N) is 1. The molecule has 18 heavy (non-hydrogen) atoms. The molecular formula is C16H33NO. The molecule has 1 atom stereocenters. The zero-order valence-corrected chi connectivity index (χ0v) is 12.5. The molecular weight excluding hydrogens is 222 g/mol. The Balaban J connectivity index is 2.47. The molecule has 0 heterocycles. The van der Waals surface area contributed by atoms with E-state index >= 15 is 0 Å². The van der Waals surface area contributed by atoms with Gasteiger partial charge in [-0.15, -0.1) is 0 Å². The summed E-state index contributed by atoms with van der Waals surface area (Å²) in [5, 5.41) is 0. The van der Waals surface area contributed by atoms with Crippen LogP contribution in [0.1, 0.15) is 84.5 Å². The highest BCUT2D eigenvalue weighted by atomic mass is 16.5. The summed E-state index contributed by atoms with van der Waals surface area (Å²) in [4.78, 5) is 0. The van der Waals surface area contributed by atoms with E-state index < -0.39 is 0 Å². The molecule has 2 N–H and O–H groups in total. The Morgan fingerprint density at radius 2 is 1.67 bits per heavy atom. The van der Waals surface area contributed by atoms with E-state index in [0.717, 1.165) is 13.0 Å². The van der Waals surface area contributed by atoms with E-state index in [1.165, 1.54) is 64.2 Å². The van der Waals surface area contributed by atoms with E-state index in [9.17, 15) is 0 Å². The Bertz CT molecular complexity index is 197. The Morgan fingerprint density at radius 1 is 1.00 bits per heavy atom. The van der Waals surface area contributed by atoms with Crippen molar-refractivity contribution in [2.45, 2.75) is 96.1 Å². The number of rotatable bonds is 8. The van der Waals surface area contributed by atoms with Crippen LogP contribution in [0.15, 0.2) is 0 Å². The van der Waals surface area contributed by atoms with Gasteiger partial charge < -0.3 is 10.5 Å². The average molecular weight is 255 g/mol. The van der Waals surface area contributed by atoms with Crippen LogP contribution in [-0.4, -0.2) is 18.2 Å². The van der Waals surface area contributed by atoms with E-state index in [0.29, 0.717) is 0 Å². The van der Waals surface area contributed by atoms with Crippen LogP contribution in [0.2, 0.25) is 0 Å².